The number of hydrogen-bond donors (Lipinski definition) is 2. The summed E-state index contributed by atoms with van der Waals surface area (Å²) in [5.41, 5.74) is 0.122. The van der Waals surface area contributed by atoms with Gasteiger partial charge in [-0.3, -0.25) is 14.9 Å². The lowest BCUT2D eigenvalue weighted by molar-refractivity contribution is -0.385. The molecular weight excluding hydrogens is 398 g/mol. The molecule has 0 saturated heterocycles. The minimum Gasteiger partial charge on any atom is -0.502 e. The molecule has 0 aliphatic rings. The Kier molecular flexibility index (Phi) is 5.46. The monoisotopic (exact) mass is 415 g/mol. The van der Waals surface area contributed by atoms with Crippen molar-refractivity contribution < 1.29 is 19.6 Å². The third-order valence-electron chi connectivity index (χ3n) is 4.30. The highest BCUT2D eigenvalue weighted by molar-refractivity contribution is 7.18. The number of aromatic amines is 1. The Morgan fingerprint density at radius 2 is 2.14 bits per heavy atom. The first kappa shape index (κ1) is 20.2. The summed E-state index contributed by atoms with van der Waals surface area (Å²) in [6.07, 6.45) is 1.32. The van der Waals surface area contributed by atoms with Crippen LogP contribution in [0.2, 0.25) is 0 Å². The van der Waals surface area contributed by atoms with Gasteiger partial charge in [-0.15, -0.1) is 11.3 Å². The van der Waals surface area contributed by atoms with Gasteiger partial charge >= 0.3 is 11.7 Å². The highest BCUT2D eigenvalue weighted by Gasteiger charge is 2.21. The number of phenols is 1. The number of aromatic nitrogens is 2. The number of hydrogen-bond acceptors (Lipinski definition) is 8. The molecule has 10 heteroatoms. The van der Waals surface area contributed by atoms with Gasteiger partial charge in [-0.2, -0.15) is 0 Å². The number of H-pyrrole nitrogens is 1. The topological polar surface area (TPSA) is 135 Å². The van der Waals surface area contributed by atoms with Crippen molar-refractivity contribution in [2.45, 2.75) is 20.8 Å². The van der Waals surface area contributed by atoms with Gasteiger partial charge in [0.1, 0.15) is 16.2 Å². The Morgan fingerprint density at radius 1 is 1.41 bits per heavy atom. The van der Waals surface area contributed by atoms with Crippen molar-refractivity contribution in [1.29, 1.82) is 0 Å². The molecule has 9 nitrogen and oxygen atoms in total. The minimum atomic E-state index is -0.740. The molecule has 0 atom stereocenters. The van der Waals surface area contributed by atoms with E-state index in [4.69, 9.17) is 4.74 Å². The van der Waals surface area contributed by atoms with E-state index in [0.29, 0.717) is 10.2 Å². The number of nitrogens with zero attached hydrogens (tertiary/aromatic N) is 2. The van der Waals surface area contributed by atoms with E-state index in [1.807, 2.05) is 13.8 Å². The molecule has 29 heavy (non-hydrogen) atoms. The number of nitro benzene ring substituents is 1. The van der Waals surface area contributed by atoms with Crippen LogP contribution in [0.4, 0.5) is 5.69 Å². The minimum absolute atomic E-state index is 0.00192. The summed E-state index contributed by atoms with van der Waals surface area (Å²) >= 11 is 1.33. The number of aryl methyl sites for hydroxylation is 2. The van der Waals surface area contributed by atoms with Crippen molar-refractivity contribution in [3.63, 3.8) is 0 Å². The van der Waals surface area contributed by atoms with E-state index in [-0.39, 0.29) is 23.6 Å². The van der Waals surface area contributed by atoms with Crippen LogP contribution in [0.15, 0.2) is 23.0 Å². The normalized spacial score (nSPS) is 11.6. The van der Waals surface area contributed by atoms with E-state index in [0.717, 1.165) is 22.6 Å². The fourth-order valence-electron chi connectivity index (χ4n) is 2.76. The van der Waals surface area contributed by atoms with Gasteiger partial charge in [0.15, 0.2) is 5.75 Å². The number of thiophene rings is 1. The molecule has 2 aromatic heterocycles. The highest BCUT2D eigenvalue weighted by atomic mass is 32.1. The number of fused-ring (bicyclic) bond motifs is 1. The maximum atomic E-state index is 12.6. The molecule has 150 valence electrons. The van der Waals surface area contributed by atoms with Crippen molar-refractivity contribution >= 4 is 44.9 Å². The molecule has 2 heterocycles. The number of esters is 1. The number of carbonyl (C=O) groups is 1. The number of nitro groups is 1. The number of phenolic OH excluding ortho intramolecular Hbond substituents is 1. The molecule has 0 bridgehead atoms. The molecule has 0 unspecified atom stereocenters. The van der Waals surface area contributed by atoms with Gasteiger partial charge in [-0.05, 0) is 44.0 Å². The largest absolute Gasteiger partial charge is 0.502 e. The Bertz CT molecular complexity index is 1220. The maximum Gasteiger partial charge on any atom is 0.341 e. The molecule has 0 spiro atoms. The van der Waals surface area contributed by atoms with E-state index in [1.54, 1.807) is 6.92 Å². The summed E-state index contributed by atoms with van der Waals surface area (Å²) < 4.78 is 5.06. The second-order valence-corrected chi connectivity index (χ2v) is 7.36. The fraction of sp³-hybridized carbons (Fsp3) is 0.211. The standard InChI is InChI=1S/C19H17N3O6S/c1-4-28-19(25)12(7-11-5-6-14(23)13(8-11)22(26)27)16-20-17(24)15-9(2)10(3)29-18(15)21-16/h5-8,23H,4H2,1-3H3,(H,20,21,24)/b12-7-. The first-order valence-electron chi connectivity index (χ1n) is 8.59. The van der Waals surface area contributed by atoms with Gasteiger partial charge in [-0.1, -0.05) is 6.07 Å². The van der Waals surface area contributed by atoms with Crippen LogP contribution in [0.5, 0.6) is 5.75 Å². The van der Waals surface area contributed by atoms with E-state index in [9.17, 15) is 24.8 Å². The van der Waals surface area contributed by atoms with Crippen LogP contribution in [0.25, 0.3) is 21.9 Å². The number of aromatic hydroxyl groups is 1. The molecule has 0 fully saturated rings. The van der Waals surface area contributed by atoms with Crippen molar-refractivity contribution in [2.75, 3.05) is 6.61 Å². The van der Waals surface area contributed by atoms with Gasteiger partial charge in [0, 0.05) is 10.9 Å². The van der Waals surface area contributed by atoms with Crippen molar-refractivity contribution in [3.8, 4) is 5.75 Å². The first-order valence-corrected chi connectivity index (χ1v) is 9.41. The number of ether oxygens (including phenoxy) is 1. The van der Waals surface area contributed by atoms with Crippen molar-refractivity contribution in [3.05, 3.63) is 60.5 Å². The predicted molar refractivity (Wildman–Crippen MR) is 109 cm³/mol. The molecule has 1 aromatic carbocycles. The van der Waals surface area contributed by atoms with Gasteiger partial charge in [0.25, 0.3) is 5.56 Å². The van der Waals surface area contributed by atoms with Crippen LogP contribution >= 0.6 is 11.3 Å². The number of rotatable bonds is 5. The zero-order valence-electron chi connectivity index (χ0n) is 15.8. The summed E-state index contributed by atoms with van der Waals surface area (Å²) in [5, 5.41) is 21.1. The van der Waals surface area contributed by atoms with E-state index < -0.39 is 27.9 Å². The Labute approximate surface area is 168 Å². The second kappa shape index (κ2) is 7.84. The maximum absolute atomic E-state index is 12.6. The van der Waals surface area contributed by atoms with E-state index in [2.05, 4.69) is 9.97 Å². The van der Waals surface area contributed by atoms with E-state index >= 15 is 0 Å². The van der Waals surface area contributed by atoms with Gasteiger partial charge in [0.05, 0.1) is 16.9 Å². The molecule has 0 saturated carbocycles. The summed E-state index contributed by atoms with van der Waals surface area (Å²) in [4.78, 5) is 43.8. The molecule has 3 rings (SSSR count). The van der Waals surface area contributed by atoms with Crippen LogP contribution in [0.3, 0.4) is 0 Å². The predicted octanol–water partition coefficient (Wildman–Crippen LogP) is 3.32. The SMILES string of the molecule is CCOC(=O)/C(=C\c1ccc(O)c([N+](=O)[O-])c1)c1nc2sc(C)c(C)c2c(=O)[nH]1. The van der Waals surface area contributed by atoms with Crippen molar-refractivity contribution in [2.24, 2.45) is 0 Å². The Morgan fingerprint density at radius 3 is 2.79 bits per heavy atom. The average molecular weight is 415 g/mol. The average Bonchev–Trinajstić information content (AvgIpc) is 2.95. The van der Waals surface area contributed by atoms with Gasteiger partial charge in [0.2, 0.25) is 0 Å². The van der Waals surface area contributed by atoms with Crippen LogP contribution in [0.1, 0.15) is 28.8 Å². The second-order valence-electron chi connectivity index (χ2n) is 6.16. The third kappa shape index (κ3) is 3.87. The summed E-state index contributed by atoms with van der Waals surface area (Å²) in [6, 6.07) is 3.67. The van der Waals surface area contributed by atoms with Gasteiger partial charge < -0.3 is 14.8 Å². The van der Waals surface area contributed by atoms with Crippen LogP contribution in [-0.4, -0.2) is 32.6 Å². The van der Waals surface area contributed by atoms with E-state index in [1.165, 1.54) is 23.5 Å². The smallest absolute Gasteiger partial charge is 0.341 e. The van der Waals surface area contributed by atoms with Crippen LogP contribution in [-0.2, 0) is 9.53 Å². The molecular formula is C19H17N3O6S. The lowest BCUT2D eigenvalue weighted by Crippen LogP contribution is -2.15. The summed E-state index contributed by atoms with van der Waals surface area (Å²) in [6.45, 7) is 5.42. The molecule has 3 aromatic rings. The number of benzene rings is 1. The van der Waals surface area contributed by atoms with Crippen LogP contribution in [0, 0.1) is 24.0 Å². The number of carbonyl (C=O) groups excluding carboxylic acids is 1. The molecule has 2 N–H and O–H groups in total. The molecule has 0 aliphatic heterocycles. The van der Waals surface area contributed by atoms with Gasteiger partial charge in [-0.25, -0.2) is 9.78 Å². The lowest BCUT2D eigenvalue weighted by Gasteiger charge is -2.07. The Hall–Kier alpha value is -3.53. The summed E-state index contributed by atoms with van der Waals surface area (Å²) in [7, 11) is 0. The quantitative estimate of drug-likeness (QED) is 0.282. The highest BCUT2D eigenvalue weighted by Crippen LogP contribution is 2.30. The molecule has 0 aliphatic carbocycles. The lowest BCUT2D eigenvalue weighted by atomic mass is 10.1. The fourth-order valence-corrected chi connectivity index (χ4v) is 3.79. The molecule has 0 radical (unpaired) electrons. The van der Waals surface area contributed by atoms with Crippen LogP contribution < -0.4 is 5.56 Å². The summed E-state index contributed by atoms with van der Waals surface area (Å²) in [5.74, 6) is -1.24. The first-order chi connectivity index (χ1) is 13.7. The third-order valence-corrected chi connectivity index (χ3v) is 5.40. The zero-order chi connectivity index (χ0) is 21.3. The Balaban J connectivity index is 2.21. The van der Waals surface area contributed by atoms with Crippen molar-refractivity contribution in [1.82, 2.24) is 9.97 Å². The zero-order valence-corrected chi connectivity index (χ0v) is 16.6. The molecule has 0 amide bonds. The number of nitrogens with one attached hydrogen (secondary N) is 1.